The third kappa shape index (κ3) is 4.13. The summed E-state index contributed by atoms with van der Waals surface area (Å²) in [5.41, 5.74) is 1.10. The molecule has 2 amide bonds. The minimum Gasteiger partial charge on any atom is -0.393 e. The summed E-state index contributed by atoms with van der Waals surface area (Å²) in [6.45, 7) is 3.11. The highest BCUT2D eigenvalue weighted by molar-refractivity contribution is 5.89. The van der Waals surface area contributed by atoms with E-state index in [1.807, 2.05) is 35.2 Å². The molecule has 6 nitrogen and oxygen atoms in total. The van der Waals surface area contributed by atoms with E-state index in [2.05, 4.69) is 5.32 Å². The number of aliphatic hydroxyl groups is 1. The van der Waals surface area contributed by atoms with Gasteiger partial charge >= 0.3 is 0 Å². The number of piperidine rings is 1. The lowest BCUT2D eigenvalue weighted by atomic mass is 10.0. The Morgan fingerprint density at radius 3 is 2.58 bits per heavy atom. The van der Waals surface area contributed by atoms with Crippen LogP contribution in [0.5, 0.6) is 0 Å². The smallest absolute Gasteiger partial charge is 0.240 e. The topological polar surface area (TPSA) is 72.9 Å². The number of rotatable bonds is 4. The Bertz CT molecular complexity index is 570. The van der Waals surface area contributed by atoms with Gasteiger partial charge in [0.25, 0.3) is 0 Å². The van der Waals surface area contributed by atoms with Crippen LogP contribution in [0.4, 0.5) is 0 Å². The molecular formula is C18H25N3O3. The van der Waals surface area contributed by atoms with Crippen LogP contribution in [0, 0.1) is 0 Å². The Morgan fingerprint density at radius 2 is 1.88 bits per heavy atom. The zero-order chi connectivity index (χ0) is 16.9. The standard InChI is InChI=1S/C18H25N3O3/c22-15-6-9-20(10-7-15)17(23)12-16-18(24)21(11-8-19-16)13-14-4-2-1-3-5-14/h1-5,15-16,19,22H,6-13H2. The second-order valence-corrected chi connectivity index (χ2v) is 6.57. The largest absolute Gasteiger partial charge is 0.393 e. The molecule has 24 heavy (non-hydrogen) atoms. The molecule has 6 heteroatoms. The van der Waals surface area contributed by atoms with Gasteiger partial charge in [0.1, 0.15) is 0 Å². The maximum Gasteiger partial charge on any atom is 0.240 e. The fourth-order valence-corrected chi connectivity index (χ4v) is 3.33. The average Bonchev–Trinajstić information content (AvgIpc) is 2.60. The summed E-state index contributed by atoms with van der Waals surface area (Å²) in [5.74, 6) is -0.00944. The molecule has 0 aromatic heterocycles. The SMILES string of the molecule is O=C(CC1NCCN(Cc2ccccc2)C1=O)N1CCC(O)CC1. The Balaban J connectivity index is 1.55. The van der Waals surface area contributed by atoms with Gasteiger partial charge in [-0.05, 0) is 18.4 Å². The lowest BCUT2D eigenvalue weighted by molar-refractivity contribution is -0.142. The lowest BCUT2D eigenvalue weighted by Gasteiger charge is -2.35. The summed E-state index contributed by atoms with van der Waals surface area (Å²) in [6.07, 6.45) is 1.14. The number of likely N-dealkylation sites (tertiary alicyclic amines) is 1. The molecular weight excluding hydrogens is 306 g/mol. The zero-order valence-electron chi connectivity index (χ0n) is 13.9. The first-order valence-corrected chi connectivity index (χ1v) is 8.65. The van der Waals surface area contributed by atoms with Crippen molar-refractivity contribution in [2.75, 3.05) is 26.2 Å². The summed E-state index contributed by atoms with van der Waals surface area (Å²) in [6, 6.07) is 9.46. The number of aliphatic hydroxyl groups excluding tert-OH is 1. The van der Waals surface area contributed by atoms with Gasteiger partial charge in [-0.3, -0.25) is 9.59 Å². The van der Waals surface area contributed by atoms with Crippen LogP contribution in [0.15, 0.2) is 30.3 Å². The van der Waals surface area contributed by atoms with E-state index in [0.717, 1.165) is 5.56 Å². The molecule has 3 rings (SSSR count). The fraction of sp³-hybridized carbons (Fsp3) is 0.556. The van der Waals surface area contributed by atoms with E-state index < -0.39 is 6.04 Å². The van der Waals surface area contributed by atoms with Crippen molar-refractivity contribution in [2.24, 2.45) is 0 Å². The first kappa shape index (κ1) is 16.9. The number of carbonyl (C=O) groups excluding carboxylic acids is 2. The summed E-state index contributed by atoms with van der Waals surface area (Å²) in [5, 5.41) is 12.7. The molecule has 2 fully saturated rings. The van der Waals surface area contributed by atoms with Crippen LogP contribution in [0.3, 0.4) is 0 Å². The molecule has 2 aliphatic heterocycles. The predicted octanol–water partition coefficient (Wildman–Crippen LogP) is 0.360. The van der Waals surface area contributed by atoms with Crippen molar-refractivity contribution in [3.63, 3.8) is 0 Å². The molecule has 0 spiro atoms. The molecule has 0 saturated carbocycles. The number of hydrogen-bond donors (Lipinski definition) is 2. The van der Waals surface area contributed by atoms with Gasteiger partial charge in [-0.1, -0.05) is 30.3 Å². The van der Waals surface area contributed by atoms with E-state index in [4.69, 9.17) is 0 Å². The Kier molecular flexibility index (Phi) is 5.48. The van der Waals surface area contributed by atoms with Crippen molar-refractivity contribution in [3.05, 3.63) is 35.9 Å². The van der Waals surface area contributed by atoms with Gasteiger partial charge in [-0.25, -0.2) is 0 Å². The van der Waals surface area contributed by atoms with Crippen LogP contribution in [0.25, 0.3) is 0 Å². The van der Waals surface area contributed by atoms with Crippen LogP contribution in [-0.2, 0) is 16.1 Å². The Labute approximate surface area is 142 Å². The maximum absolute atomic E-state index is 12.7. The minimum absolute atomic E-state index is 0.00417. The van der Waals surface area contributed by atoms with Crippen molar-refractivity contribution in [1.82, 2.24) is 15.1 Å². The number of benzene rings is 1. The molecule has 0 bridgehead atoms. The van der Waals surface area contributed by atoms with Gasteiger partial charge in [-0.15, -0.1) is 0 Å². The first-order valence-electron chi connectivity index (χ1n) is 8.65. The van der Waals surface area contributed by atoms with E-state index in [-0.39, 0.29) is 24.3 Å². The van der Waals surface area contributed by atoms with Crippen LogP contribution >= 0.6 is 0 Å². The summed E-state index contributed by atoms with van der Waals surface area (Å²) in [4.78, 5) is 28.7. The van der Waals surface area contributed by atoms with E-state index in [1.165, 1.54) is 0 Å². The molecule has 1 aromatic carbocycles. The Morgan fingerprint density at radius 1 is 1.17 bits per heavy atom. The van der Waals surface area contributed by atoms with E-state index in [1.54, 1.807) is 4.90 Å². The summed E-state index contributed by atoms with van der Waals surface area (Å²) in [7, 11) is 0. The summed E-state index contributed by atoms with van der Waals surface area (Å²) >= 11 is 0. The van der Waals surface area contributed by atoms with Crippen molar-refractivity contribution < 1.29 is 14.7 Å². The number of carbonyl (C=O) groups is 2. The van der Waals surface area contributed by atoms with E-state index in [0.29, 0.717) is 45.6 Å². The molecule has 2 heterocycles. The Hall–Kier alpha value is -1.92. The lowest BCUT2D eigenvalue weighted by Crippen LogP contribution is -2.56. The molecule has 1 unspecified atom stereocenters. The number of piperazine rings is 1. The van der Waals surface area contributed by atoms with Crippen molar-refractivity contribution in [1.29, 1.82) is 0 Å². The van der Waals surface area contributed by atoms with Gasteiger partial charge in [-0.2, -0.15) is 0 Å². The van der Waals surface area contributed by atoms with Crippen molar-refractivity contribution in [3.8, 4) is 0 Å². The van der Waals surface area contributed by atoms with Gasteiger partial charge in [0, 0.05) is 32.7 Å². The van der Waals surface area contributed by atoms with Gasteiger partial charge in [0.2, 0.25) is 11.8 Å². The molecule has 2 aliphatic rings. The normalized spacial score (nSPS) is 22.7. The van der Waals surface area contributed by atoms with Crippen LogP contribution in [0.2, 0.25) is 0 Å². The monoisotopic (exact) mass is 331 g/mol. The van der Waals surface area contributed by atoms with Crippen molar-refractivity contribution >= 4 is 11.8 Å². The van der Waals surface area contributed by atoms with E-state index in [9.17, 15) is 14.7 Å². The third-order valence-corrected chi connectivity index (χ3v) is 4.79. The van der Waals surface area contributed by atoms with Crippen LogP contribution < -0.4 is 5.32 Å². The minimum atomic E-state index is -0.443. The van der Waals surface area contributed by atoms with Crippen LogP contribution in [0.1, 0.15) is 24.8 Å². The molecule has 2 N–H and O–H groups in total. The summed E-state index contributed by atoms with van der Waals surface area (Å²) < 4.78 is 0. The molecule has 2 saturated heterocycles. The van der Waals surface area contributed by atoms with Gasteiger partial charge in [0.15, 0.2) is 0 Å². The highest BCUT2D eigenvalue weighted by Crippen LogP contribution is 2.15. The molecule has 0 radical (unpaired) electrons. The first-order chi connectivity index (χ1) is 11.6. The average molecular weight is 331 g/mol. The number of nitrogens with zero attached hydrogens (tertiary/aromatic N) is 2. The number of amides is 2. The third-order valence-electron chi connectivity index (χ3n) is 4.79. The van der Waals surface area contributed by atoms with E-state index >= 15 is 0 Å². The van der Waals surface area contributed by atoms with Gasteiger partial charge < -0.3 is 20.2 Å². The predicted molar refractivity (Wildman–Crippen MR) is 90.1 cm³/mol. The van der Waals surface area contributed by atoms with Gasteiger partial charge in [0.05, 0.1) is 18.6 Å². The molecule has 0 aliphatic carbocycles. The second kappa shape index (κ2) is 7.77. The highest BCUT2D eigenvalue weighted by Gasteiger charge is 2.32. The maximum atomic E-state index is 12.7. The number of nitrogens with one attached hydrogen (secondary N) is 1. The highest BCUT2D eigenvalue weighted by atomic mass is 16.3. The quantitative estimate of drug-likeness (QED) is 0.836. The fourth-order valence-electron chi connectivity index (χ4n) is 3.33. The zero-order valence-corrected chi connectivity index (χ0v) is 13.9. The molecule has 1 aromatic rings. The molecule has 1 atom stereocenters. The second-order valence-electron chi connectivity index (χ2n) is 6.57. The van der Waals surface area contributed by atoms with Crippen LogP contribution in [-0.4, -0.2) is 65.0 Å². The molecule has 130 valence electrons. The number of hydrogen-bond acceptors (Lipinski definition) is 4. The van der Waals surface area contributed by atoms with Crippen molar-refractivity contribution in [2.45, 2.75) is 38.0 Å².